The highest BCUT2D eigenvalue weighted by Crippen LogP contribution is 2.18. The molecule has 0 spiro atoms. The van der Waals surface area contributed by atoms with Gasteiger partial charge in [-0.1, -0.05) is 37.6 Å². The second-order valence-electron chi connectivity index (χ2n) is 7.03. The van der Waals surface area contributed by atoms with Crippen molar-refractivity contribution in [1.82, 2.24) is 4.98 Å². The molecule has 2 aromatic carbocycles. The number of anilines is 1. The fourth-order valence-corrected chi connectivity index (χ4v) is 3.63. The summed E-state index contributed by atoms with van der Waals surface area (Å²) in [5, 5.41) is 3.61. The molecule has 0 fully saturated rings. The number of aromatic nitrogens is 1. The lowest BCUT2D eigenvalue weighted by Crippen LogP contribution is -2.14. The fourth-order valence-electron chi connectivity index (χ4n) is 2.90. The lowest BCUT2D eigenvalue weighted by Gasteiger charge is -2.09. The van der Waals surface area contributed by atoms with E-state index in [0.29, 0.717) is 22.8 Å². The van der Waals surface area contributed by atoms with Crippen LogP contribution in [0.1, 0.15) is 36.6 Å². The van der Waals surface area contributed by atoms with Crippen molar-refractivity contribution in [3.63, 3.8) is 0 Å². The Bertz CT molecular complexity index is 1010. The molecule has 1 heterocycles. The van der Waals surface area contributed by atoms with Gasteiger partial charge in [0.1, 0.15) is 0 Å². The van der Waals surface area contributed by atoms with Crippen LogP contribution in [0.25, 0.3) is 10.9 Å². The van der Waals surface area contributed by atoms with Gasteiger partial charge in [0.05, 0.1) is 5.75 Å². The molecule has 0 saturated carbocycles. The van der Waals surface area contributed by atoms with E-state index in [4.69, 9.17) is 0 Å². The highest BCUT2D eigenvalue weighted by molar-refractivity contribution is 7.99. The van der Waals surface area contributed by atoms with Gasteiger partial charge in [-0.2, -0.15) is 0 Å². The monoisotopic (exact) mass is 380 g/mol. The number of benzene rings is 2. The predicted molar refractivity (Wildman–Crippen MR) is 115 cm³/mol. The maximum absolute atomic E-state index is 12.3. The van der Waals surface area contributed by atoms with Crippen molar-refractivity contribution in [3.05, 3.63) is 75.6 Å². The quantitative estimate of drug-likeness (QED) is 0.644. The zero-order valence-electron chi connectivity index (χ0n) is 15.8. The first-order chi connectivity index (χ1) is 12.9. The molecular weight excluding hydrogens is 356 g/mol. The van der Waals surface area contributed by atoms with E-state index in [1.54, 1.807) is 6.07 Å². The third kappa shape index (κ3) is 5.01. The van der Waals surface area contributed by atoms with Crippen LogP contribution in [0.2, 0.25) is 0 Å². The highest BCUT2D eigenvalue weighted by Gasteiger charge is 2.06. The molecule has 0 aliphatic heterocycles. The summed E-state index contributed by atoms with van der Waals surface area (Å²) in [6.07, 6.45) is 0. The maximum Gasteiger partial charge on any atom is 0.234 e. The first-order valence-corrected chi connectivity index (χ1v) is 10.2. The Kier molecular flexibility index (Phi) is 6.01. The second-order valence-corrected chi connectivity index (χ2v) is 8.01. The van der Waals surface area contributed by atoms with Crippen LogP contribution in [0.4, 0.5) is 5.69 Å². The van der Waals surface area contributed by atoms with E-state index in [2.05, 4.69) is 24.1 Å². The molecule has 3 aromatic rings. The minimum absolute atomic E-state index is 0.0118. The zero-order chi connectivity index (χ0) is 19.4. The maximum atomic E-state index is 12.3. The summed E-state index contributed by atoms with van der Waals surface area (Å²) in [6, 6.07) is 15.4. The summed E-state index contributed by atoms with van der Waals surface area (Å²) in [4.78, 5) is 27.7. The predicted octanol–water partition coefficient (Wildman–Crippen LogP) is 4.83. The van der Waals surface area contributed by atoms with E-state index < -0.39 is 0 Å². The summed E-state index contributed by atoms with van der Waals surface area (Å²) in [6.45, 7) is 6.25. The van der Waals surface area contributed by atoms with Crippen molar-refractivity contribution < 1.29 is 4.79 Å². The Balaban J connectivity index is 1.56. The smallest absolute Gasteiger partial charge is 0.234 e. The number of rotatable bonds is 6. The molecule has 0 bridgehead atoms. The van der Waals surface area contributed by atoms with Crippen LogP contribution in [-0.2, 0) is 10.5 Å². The van der Waals surface area contributed by atoms with Crippen LogP contribution < -0.4 is 10.7 Å². The lowest BCUT2D eigenvalue weighted by atomic mass is 10.0. The number of carbonyl (C=O) groups is 1. The molecule has 0 atom stereocenters. The average Bonchev–Trinajstić information content (AvgIpc) is 2.63. The molecule has 0 saturated heterocycles. The number of H-pyrrole nitrogens is 1. The van der Waals surface area contributed by atoms with E-state index in [1.807, 2.05) is 49.4 Å². The number of thioether (sulfide) groups is 1. The number of pyridine rings is 1. The third-order valence-corrected chi connectivity index (χ3v) is 5.37. The van der Waals surface area contributed by atoms with Crippen LogP contribution in [-0.4, -0.2) is 16.6 Å². The Labute approximate surface area is 163 Å². The molecule has 0 radical (unpaired) electrons. The molecule has 0 aliphatic carbocycles. The molecule has 0 unspecified atom stereocenters. The van der Waals surface area contributed by atoms with Gasteiger partial charge in [-0.25, -0.2) is 0 Å². The van der Waals surface area contributed by atoms with Crippen molar-refractivity contribution in [2.75, 3.05) is 11.1 Å². The molecular formula is C22H24N2O2S. The summed E-state index contributed by atoms with van der Waals surface area (Å²) in [5.41, 5.74) is 4.79. The van der Waals surface area contributed by atoms with Crippen LogP contribution in [0.5, 0.6) is 0 Å². The van der Waals surface area contributed by atoms with Crippen molar-refractivity contribution in [1.29, 1.82) is 0 Å². The van der Waals surface area contributed by atoms with E-state index in [9.17, 15) is 9.59 Å². The summed E-state index contributed by atoms with van der Waals surface area (Å²) >= 11 is 1.48. The zero-order valence-corrected chi connectivity index (χ0v) is 16.7. The number of carbonyl (C=O) groups excluding carboxylic acids is 1. The van der Waals surface area contributed by atoms with Crippen LogP contribution in [0.3, 0.4) is 0 Å². The molecule has 4 nitrogen and oxygen atoms in total. The largest absolute Gasteiger partial charge is 0.357 e. The fraction of sp³-hybridized carbons (Fsp3) is 0.273. The number of aryl methyl sites for hydroxylation is 1. The van der Waals surface area contributed by atoms with Gasteiger partial charge in [-0.15, -0.1) is 11.8 Å². The third-order valence-electron chi connectivity index (χ3n) is 4.39. The topological polar surface area (TPSA) is 62.0 Å². The number of fused-ring (bicyclic) bond motifs is 1. The van der Waals surface area contributed by atoms with Crippen LogP contribution in [0, 0.1) is 6.92 Å². The van der Waals surface area contributed by atoms with E-state index in [-0.39, 0.29) is 11.3 Å². The van der Waals surface area contributed by atoms with E-state index in [0.717, 1.165) is 22.5 Å². The molecule has 27 heavy (non-hydrogen) atoms. The molecule has 3 rings (SSSR count). The molecule has 140 valence electrons. The molecule has 0 aliphatic rings. The standard InChI is InChI=1S/C22H24N2O2S/c1-14(2)16-5-7-17(8-6-16)24-22(26)13-27-12-18-11-21(25)19-10-15(3)4-9-20(19)23-18/h4-11,14H,12-13H2,1-3H3,(H,23,25)(H,24,26). The number of amides is 1. The summed E-state index contributed by atoms with van der Waals surface area (Å²) in [5.74, 6) is 1.34. The molecule has 5 heteroatoms. The van der Waals surface area contributed by atoms with Crippen molar-refractivity contribution >= 4 is 34.3 Å². The normalized spacial score (nSPS) is 11.1. The highest BCUT2D eigenvalue weighted by atomic mass is 32.2. The van der Waals surface area contributed by atoms with E-state index >= 15 is 0 Å². The number of nitrogens with one attached hydrogen (secondary N) is 2. The van der Waals surface area contributed by atoms with E-state index in [1.165, 1.54) is 17.3 Å². The first-order valence-electron chi connectivity index (χ1n) is 9.02. The molecule has 1 amide bonds. The first kappa shape index (κ1) is 19.2. The Hall–Kier alpha value is -2.53. The Morgan fingerprint density at radius 3 is 2.56 bits per heavy atom. The minimum atomic E-state index is -0.0453. The van der Waals surface area contributed by atoms with Gasteiger partial charge in [-0.3, -0.25) is 9.59 Å². The van der Waals surface area contributed by atoms with Crippen LogP contribution in [0.15, 0.2) is 53.3 Å². The molecule has 2 N–H and O–H groups in total. The van der Waals surface area contributed by atoms with Gasteiger partial charge < -0.3 is 10.3 Å². The van der Waals surface area contributed by atoms with Gasteiger partial charge in [0.15, 0.2) is 5.43 Å². The average molecular weight is 381 g/mol. The summed E-state index contributed by atoms with van der Waals surface area (Å²) in [7, 11) is 0. The van der Waals surface area contributed by atoms with Crippen molar-refractivity contribution in [3.8, 4) is 0 Å². The second kappa shape index (κ2) is 8.44. The van der Waals surface area contributed by atoms with Crippen LogP contribution >= 0.6 is 11.8 Å². The van der Waals surface area contributed by atoms with Gasteiger partial charge in [-0.05, 0) is 42.7 Å². The number of hydrogen-bond acceptors (Lipinski definition) is 3. The van der Waals surface area contributed by atoms with Gasteiger partial charge in [0.2, 0.25) is 5.91 Å². The lowest BCUT2D eigenvalue weighted by molar-refractivity contribution is -0.113. The van der Waals surface area contributed by atoms with Gasteiger partial charge in [0, 0.05) is 34.1 Å². The summed E-state index contributed by atoms with van der Waals surface area (Å²) < 4.78 is 0. The van der Waals surface area contributed by atoms with Gasteiger partial charge in [0.25, 0.3) is 0 Å². The number of aromatic amines is 1. The minimum Gasteiger partial charge on any atom is -0.357 e. The number of hydrogen-bond donors (Lipinski definition) is 2. The van der Waals surface area contributed by atoms with Crippen molar-refractivity contribution in [2.45, 2.75) is 32.4 Å². The van der Waals surface area contributed by atoms with Crippen molar-refractivity contribution in [2.24, 2.45) is 0 Å². The Morgan fingerprint density at radius 1 is 1.11 bits per heavy atom. The van der Waals surface area contributed by atoms with Gasteiger partial charge >= 0.3 is 0 Å². The Morgan fingerprint density at radius 2 is 1.85 bits per heavy atom. The molecule has 1 aromatic heterocycles. The SMILES string of the molecule is Cc1ccc2[nH]c(CSCC(=O)Nc3ccc(C(C)C)cc3)cc(=O)c2c1.